The molecule has 23 heavy (non-hydrogen) atoms. The highest BCUT2D eigenvalue weighted by atomic mass is 32.2. The Hall–Kier alpha value is -1.07. The Labute approximate surface area is 147 Å². The summed E-state index contributed by atoms with van der Waals surface area (Å²) in [6.07, 6.45) is 0. The van der Waals surface area contributed by atoms with Crippen LogP contribution in [0.2, 0.25) is 0 Å². The molecule has 122 valence electrons. The van der Waals surface area contributed by atoms with E-state index in [4.69, 9.17) is 16.8 Å². The molecule has 6 nitrogen and oxygen atoms in total. The summed E-state index contributed by atoms with van der Waals surface area (Å²) in [7, 11) is -2.27. The van der Waals surface area contributed by atoms with Crippen LogP contribution < -0.4 is 4.90 Å². The van der Waals surface area contributed by atoms with E-state index in [0.717, 1.165) is 27.4 Å². The summed E-state index contributed by atoms with van der Waals surface area (Å²) in [6, 6.07) is 7.80. The quantitative estimate of drug-likeness (QED) is 0.479. The van der Waals surface area contributed by atoms with Crippen LogP contribution in [-0.2, 0) is 14.9 Å². The molecule has 0 aromatic heterocycles. The van der Waals surface area contributed by atoms with Crippen molar-refractivity contribution in [3.63, 3.8) is 0 Å². The molecule has 1 amide bonds. The molecule has 1 fully saturated rings. The van der Waals surface area contributed by atoms with E-state index in [1.54, 1.807) is 0 Å². The highest BCUT2D eigenvalue weighted by molar-refractivity contribution is 8.27. The molecular formula is C13H12N2O4S4. The average Bonchev–Trinajstić information content (AvgIpc) is 2.94. The minimum atomic E-state index is -4.14. The average molecular weight is 389 g/mol. The van der Waals surface area contributed by atoms with Gasteiger partial charge in [-0.05, 0) is 12.1 Å². The van der Waals surface area contributed by atoms with Crippen LogP contribution in [0.3, 0.4) is 0 Å². The van der Waals surface area contributed by atoms with Crippen molar-refractivity contribution < 1.29 is 17.8 Å². The maximum Gasteiger partial charge on any atom is 0.268 e. The van der Waals surface area contributed by atoms with Crippen molar-refractivity contribution in [2.45, 2.75) is 4.90 Å². The first-order valence-corrected chi connectivity index (χ1v) is 10.2. The zero-order valence-corrected chi connectivity index (χ0v) is 15.2. The first-order chi connectivity index (χ1) is 10.8. The van der Waals surface area contributed by atoms with E-state index in [-0.39, 0.29) is 12.5 Å². The second kappa shape index (κ2) is 6.10. The van der Waals surface area contributed by atoms with Crippen molar-refractivity contribution in [3.05, 3.63) is 34.2 Å². The lowest BCUT2D eigenvalue weighted by Crippen LogP contribution is -2.33. The number of para-hydroxylation sites is 1. The molecule has 1 saturated heterocycles. The predicted octanol–water partition coefficient (Wildman–Crippen LogP) is 2.15. The first-order valence-electron chi connectivity index (χ1n) is 6.51. The van der Waals surface area contributed by atoms with Gasteiger partial charge < -0.3 is 4.90 Å². The van der Waals surface area contributed by atoms with Gasteiger partial charge in [0.15, 0.2) is 0 Å². The second-order valence-corrected chi connectivity index (χ2v) is 9.12. The maximum atomic E-state index is 12.6. The number of carbonyl (C=O) groups is 1. The lowest BCUT2D eigenvalue weighted by Gasteiger charge is -2.15. The number of amides is 1. The van der Waals surface area contributed by atoms with Gasteiger partial charge in [0.2, 0.25) is 0 Å². The van der Waals surface area contributed by atoms with Gasteiger partial charge in [-0.25, -0.2) is 0 Å². The monoisotopic (exact) mass is 388 g/mol. The summed E-state index contributed by atoms with van der Waals surface area (Å²) in [6.45, 7) is -0.151. The fraction of sp³-hybridized carbons (Fsp3) is 0.231. The molecule has 0 atom stereocenters. The molecule has 2 aliphatic rings. The predicted molar refractivity (Wildman–Crippen MR) is 96.0 cm³/mol. The molecular weight excluding hydrogens is 376 g/mol. The van der Waals surface area contributed by atoms with Crippen LogP contribution in [0, 0.1) is 0 Å². The number of rotatable bonds is 3. The summed E-state index contributed by atoms with van der Waals surface area (Å²) < 4.78 is 30.9. The molecule has 2 heterocycles. The third-order valence-electron chi connectivity index (χ3n) is 3.35. The third kappa shape index (κ3) is 3.26. The molecule has 1 aromatic carbocycles. The van der Waals surface area contributed by atoms with Crippen LogP contribution in [0.1, 0.15) is 0 Å². The fourth-order valence-electron chi connectivity index (χ4n) is 2.23. The molecule has 0 aliphatic carbocycles. The Balaban J connectivity index is 1.88. The largest absolute Gasteiger partial charge is 0.337 e. The number of benzene rings is 1. The number of hydrogen-bond acceptors (Lipinski definition) is 7. The van der Waals surface area contributed by atoms with Crippen LogP contribution in [-0.4, -0.2) is 47.4 Å². The summed E-state index contributed by atoms with van der Waals surface area (Å²) in [5, 5.41) is 0.776. The van der Waals surface area contributed by atoms with Crippen LogP contribution in [0.4, 0.5) is 5.69 Å². The smallest absolute Gasteiger partial charge is 0.268 e. The first kappa shape index (κ1) is 16.8. The maximum absolute atomic E-state index is 12.6. The van der Waals surface area contributed by atoms with E-state index in [0.29, 0.717) is 9.23 Å². The van der Waals surface area contributed by atoms with Gasteiger partial charge in [-0.15, -0.1) is 0 Å². The van der Waals surface area contributed by atoms with Crippen molar-refractivity contribution >= 4 is 61.8 Å². The van der Waals surface area contributed by atoms with E-state index in [2.05, 4.69) is 0 Å². The summed E-state index contributed by atoms with van der Waals surface area (Å²) in [4.78, 5) is 17.2. The molecule has 0 radical (unpaired) electrons. The second-order valence-electron chi connectivity index (χ2n) is 4.87. The van der Waals surface area contributed by atoms with Gasteiger partial charge >= 0.3 is 0 Å². The number of nitrogens with zero attached hydrogens (tertiary/aromatic N) is 2. The normalized spacial score (nSPS) is 21.3. The van der Waals surface area contributed by atoms with Gasteiger partial charge in [-0.2, -0.15) is 8.42 Å². The van der Waals surface area contributed by atoms with Crippen LogP contribution in [0.15, 0.2) is 39.1 Å². The van der Waals surface area contributed by atoms with E-state index < -0.39 is 15.9 Å². The molecule has 1 aromatic rings. The van der Waals surface area contributed by atoms with Gasteiger partial charge in [0.1, 0.15) is 9.23 Å². The number of hydrogen-bond donors (Lipinski definition) is 1. The topological polar surface area (TPSA) is 77.9 Å². The van der Waals surface area contributed by atoms with Crippen molar-refractivity contribution in [1.82, 2.24) is 4.90 Å². The lowest BCUT2D eigenvalue weighted by molar-refractivity contribution is -0.122. The van der Waals surface area contributed by atoms with Crippen LogP contribution in [0.5, 0.6) is 0 Å². The van der Waals surface area contributed by atoms with Crippen molar-refractivity contribution in [2.75, 3.05) is 24.2 Å². The van der Waals surface area contributed by atoms with E-state index >= 15 is 0 Å². The van der Waals surface area contributed by atoms with Gasteiger partial charge in [-0.3, -0.25) is 14.2 Å². The molecule has 0 unspecified atom stereocenters. The Morgan fingerprint density at radius 2 is 1.96 bits per heavy atom. The van der Waals surface area contributed by atoms with Crippen molar-refractivity contribution in [1.29, 1.82) is 0 Å². The summed E-state index contributed by atoms with van der Waals surface area (Å²) in [5.74, 6) is -0.864. The standard InChI is InChI=1S/C13H12N2O4S4/c1-14-8-4-2-3-5-9(8)21-12(14)10-11(16)15(13(20)22-10)6-7-23(17,18)19/h2-5H,6-7H2,1H3,(H,17,18,19). The van der Waals surface area contributed by atoms with Crippen molar-refractivity contribution in [2.24, 2.45) is 0 Å². The number of carbonyl (C=O) groups excluding carboxylic acids is 1. The molecule has 2 aliphatic heterocycles. The number of fused-ring (bicyclic) bond motifs is 1. The lowest BCUT2D eigenvalue weighted by atomic mass is 10.3. The molecule has 0 spiro atoms. The third-order valence-corrected chi connectivity index (χ3v) is 6.86. The molecule has 3 rings (SSSR count). The van der Waals surface area contributed by atoms with Gasteiger partial charge in [0.25, 0.3) is 16.0 Å². The van der Waals surface area contributed by atoms with Crippen LogP contribution >= 0.6 is 35.7 Å². The van der Waals surface area contributed by atoms with Gasteiger partial charge in [0.05, 0.1) is 16.5 Å². The Morgan fingerprint density at radius 3 is 2.61 bits per heavy atom. The Morgan fingerprint density at radius 1 is 1.26 bits per heavy atom. The van der Waals surface area contributed by atoms with Crippen LogP contribution in [0.25, 0.3) is 0 Å². The SMILES string of the molecule is CN1C(=C2SC(=S)N(CCS(=O)(=O)O)C2=O)Sc2ccccc21. The summed E-state index contributed by atoms with van der Waals surface area (Å²) in [5.41, 5.74) is 1.01. The van der Waals surface area contributed by atoms with E-state index in [1.807, 2.05) is 36.2 Å². The highest BCUT2D eigenvalue weighted by Gasteiger charge is 2.38. The van der Waals surface area contributed by atoms with E-state index in [9.17, 15) is 13.2 Å². The molecule has 0 saturated carbocycles. The zero-order valence-electron chi connectivity index (χ0n) is 11.9. The number of anilines is 1. The number of thioether (sulfide) groups is 2. The minimum Gasteiger partial charge on any atom is -0.337 e. The van der Waals surface area contributed by atoms with Gasteiger partial charge in [-0.1, -0.05) is 47.9 Å². The number of thiocarbonyl (C=S) groups is 1. The fourth-order valence-corrected chi connectivity index (χ4v) is 5.28. The van der Waals surface area contributed by atoms with E-state index in [1.165, 1.54) is 16.7 Å². The van der Waals surface area contributed by atoms with Crippen molar-refractivity contribution in [3.8, 4) is 0 Å². The highest BCUT2D eigenvalue weighted by Crippen LogP contribution is 2.49. The Kier molecular flexibility index (Phi) is 4.45. The summed E-state index contributed by atoms with van der Waals surface area (Å²) >= 11 is 7.81. The van der Waals surface area contributed by atoms with Gasteiger partial charge in [0, 0.05) is 18.5 Å². The molecule has 10 heteroatoms. The minimum absolute atomic E-state index is 0.151. The Bertz CT molecular complexity index is 834. The zero-order chi connectivity index (χ0) is 16.8. The molecule has 0 bridgehead atoms. The molecule has 1 N–H and O–H groups in total.